The number of carbonyl (C=O) groups is 1. The van der Waals surface area contributed by atoms with Gasteiger partial charge in [0.15, 0.2) is 0 Å². The molecule has 0 spiro atoms. The molecule has 2 rings (SSSR count). The molecule has 118 valence electrons. The van der Waals surface area contributed by atoms with E-state index in [0.717, 1.165) is 5.69 Å². The van der Waals surface area contributed by atoms with Crippen LogP contribution in [0.15, 0.2) is 42.7 Å². The lowest BCUT2D eigenvalue weighted by atomic mass is 10.2. The van der Waals surface area contributed by atoms with E-state index in [1.807, 2.05) is 6.07 Å². The number of nitrogens with one attached hydrogen (secondary N) is 2. The van der Waals surface area contributed by atoms with E-state index in [0.29, 0.717) is 31.1 Å². The maximum absolute atomic E-state index is 11.7. The Bertz CT molecular complexity index is 652. The van der Waals surface area contributed by atoms with Gasteiger partial charge < -0.3 is 15.4 Å². The lowest BCUT2D eigenvalue weighted by Crippen LogP contribution is -2.31. The highest BCUT2D eigenvalue weighted by Gasteiger charge is 2.01. The van der Waals surface area contributed by atoms with Gasteiger partial charge in [0.25, 0.3) is 0 Å². The maximum atomic E-state index is 11.7. The Labute approximate surface area is 134 Å². The Morgan fingerprint density at radius 2 is 1.96 bits per heavy atom. The van der Waals surface area contributed by atoms with E-state index < -0.39 is 0 Å². The minimum Gasteiger partial charge on any atom is -0.463 e. The Hall–Kier alpha value is -3.14. The fourth-order valence-electron chi connectivity index (χ4n) is 1.73. The number of benzene rings is 1. The van der Waals surface area contributed by atoms with Gasteiger partial charge in [-0.2, -0.15) is 5.26 Å². The molecule has 0 bridgehead atoms. The van der Waals surface area contributed by atoms with E-state index in [-0.39, 0.29) is 12.5 Å². The van der Waals surface area contributed by atoms with E-state index >= 15 is 0 Å². The zero-order chi connectivity index (χ0) is 16.3. The van der Waals surface area contributed by atoms with E-state index in [9.17, 15) is 4.79 Å². The smallest absolute Gasteiger partial charge is 0.316 e. The van der Waals surface area contributed by atoms with Crippen molar-refractivity contribution in [1.82, 2.24) is 15.3 Å². The van der Waals surface area contributed by atoms with E-state index in [1.165, 1.54) is 0 Å². The van der Waals surface area contributed by atoms with Gasteiger partial charge in [-0.15, -0.1) is 0 Å². The number of rotatable bonds is 8. The molecule has 7 heteroatoms. The molecule has 2 aromatic rings. The van der Waals surface area contributed by atoms with Crippen molar-refractivity contribution in [3.63, 3.8) is 0 Å². The zero-order valence-electron chi connectivity index (χ0n) is 12.5. The molecule has 2 N–H and O–H groups in total. The first-order valence-corrected chi connectivity index (χ1v) is 7.18. The van der Waals surface area contributed by atoms with Crippen molar-refractivity contribution < 1.29 is 9.53 Å². The van der Waals surface area contributed by atoms with Crippen molar-refractivity contribution in [2.45, 2.75) is 6.42 Å². The molecule has 1 heterocycles. The van der Waals surface area contributed by atoms with Crippen LogP contribution in [0.4, 0.5) is 5.69 Å². The predicted octanol–water partition coefficient (Wildman–Crippen LogP) is 1.35. The number of amides is 1. The first-order chi connectivity index (χ1) is 11.3. The summed E-state index contributed by atoms with van der Waals surface area (Å²) >= 11 is 0. The van der Waals surface area contributed by atoms with Crippen molar-refractivity contribution in [3.05, 3.63) is 48.3 Å². The number of anilines is 1. The van der Waals surface area contributed by atoms with Crippen LogP contribution in [-0.2, 0) is 4.79 Å². The molecule has 0 atom stereocenters. The van der Waals surface area contributed by atoms with Gasteiger partial charge in [0.1, 0.15) is 0 Å². The third kappa shape index (κ3) is 6.01. The number of aromatic nitrogens is 2. The molecule has 23 heavy (non-hydrogen) atoms. The Balaban J connectivity index is 1.57. The minimum absolute atomic E-state index is 0.106. The number of ether oxygens (including phenoxy) is 1. The van der Waals surface area contributed by atoms with Crippen molar-refractivity contribution in [3.8, 4) is 12.1 Å². The summed E-state index contributed by atoms with van der Waals surface area (Å²) < 4.78 is 5.32. The van der Waals surface area contributed by atoms with Crippen LogP contribution in [0.1, 0.15) is 12.0 Å². The summed E-state index contributed by atoms with van der Waals surface area (Å²) in [5, 5.41) is 14.5. The number of hydrogen-bond donors (Lipinski definition) is 2. The van der Waals surface area contributed by atoms with Crippen molar-refractivity contribution in [2.24, 2.45) is 0 Å². The van der Waals surface area contributed by atoms with Gasteiger partial charge in [-0.1, -0.05) is 0 Å². The second-order valence-electron chi connectivity index (χ2n) is 4.63. The Morgan fingerprint density at radius 1 is 1.22 bits per heavy atom. The fourth-order valence-corrected chi connectivity index (χ4v) is 1.73. The van der Waals surface area contributed by atoms with Crippen LogP contribution >= 0.6 is 0 Å². The summed E-state index contributed by atoms with van der Waals surface area (Å²) in [6.07, 6.45) is 3.89. The molecule has 0 unspecified atom stereocenters. The predicted molar refractivity (Wildman–Crippen MR) is 84.8 cm³/mol. The number of nitrogens with zero attached hydrogens (tertiary/aromatic N) is 3. The molecular weight excluding hydrogens is 294 g/mol. The van der Waals surface area contributed by atoms with Gasteiger partial charge in [-0.25, -0.2) is 9.97 Å². The van der Waals surface area contributed by atoms with Gasteiger partial charge in [0.05, 0.1) is 24.8 Å². The van der Waals surface area contributed by atoms with Crippen molar-refractivity contribution in [1.29, 1.82) is 5.26 Å². The highest BCUT2D eigenvalue weighted by Crippen LogP contribution is 2.07. The lowest BCUT2D eigenvalue weighted by Gasteiger charge is -2.08. The van der Waals surface area contributed by atoms with Crippen molar-refractivity contribution in [2.75, 3.05) is 25.0 Å². The van der Waals surface area contributed by atoms with Gasteiger partial charge >= 0.3 is 6.01 Å². The first kappa shape index (κ1) is 16.2. The van der Waals surface area contributed by atoms with Crippen LogP contribution in [0.5, 0.6) is 6.01 Å². The molecule has 0 saturated carbocycles. The fraction of sp³-hybridized carbons (Fsp3) is 0.250. The second-order valence-corrected chi connectivity index (χ2v) is 4.63. The van der Waals surface area contributed by atoms with Crippen LogP contribution in [0.2, 0.25) is 0 Å². The molecule has 0 aliphatic heterocycles. The largest absolute Gasteiger partial charge is 0.463 e. The molecule has 1 aromatic carbocycles. The number of carbonyl (C=O) groups excluding carboxylic acids is 1. The highest BCUT2D eigenvalue weighted by atomic mass is 16.5. The summed E-state index contributed by atoms with van der Waals surface area (Å²) in [6.45, 7) is 1.13. The number of hydrogen-bond acceptors (Lipinski definition) is 6. The lowest BCUT2D eigenvalue weighted by molar-refractivity contribution is -0.119. The third-order valence-corrected chi connectivity index (χ3v) is 2.88. The molecule has 0 saturated heterocycles. The summed E-state index contributed by atoms with van der Waals surface area (Å²) in [7, 11) is 0. The van der Waals surface area contributed by atoms with Crippen LogP contribution in [0, 0.1) is 11.3 Å². The third-order valence-electron chi connectivity index (χ3n) is 2.88. The van der Waals surface area contributed by atoms with Gasteiger partial charge in [-0.05, 0) is 36.8 Å². The number of nitriles is 1. The summed E-state index contributed by atoms with van der Waals surface area (Å²) in [4.78, 5) is 19.6. The van der Waals surface area contributed by atoms with Crippen LogP contribution in [-0.4, -0.2) is 35.6 Å². The first-order valence-electron chi connectivity index (χ1n) is 7.18. The average molecular weight is 311 g/mol. The second kappa shape index (κ2) is 9.00. The Morgan fingerprint density at radius 3 is 2.65 bits per heavy atom. The summed E-state index contributed by atoms with van der Waals surface area (Å²) in [5.74, 6) is -0.106. The Kier molecular flexibility index (Phi) is 6.35. The van der Waals surface area contributed by atoms with Crippen LogP contribution in [0.3, 0.4) is 0 Å². The molecule has 0 aliphatic carbocycles. The molecule has 0 fully saturated rings. The topological polar surface area (TPSA) is 99.9 Å². The quantitative estimate of drug-likeness (QED) is 0.714. The summed E-state index contributed by atoms with van der Waals surface area (Å²) in [5.41, 5.74) is 1.38. The van der Waals surface area contributed by atoms with Crippen LogP contribution in [0.25, 0.3) is 0 Å². The molecule has 1 amide bonds. The summed E-state index contributed by atoms with van der Waals surface area (Å²) in [6, 6.07) is 11.0. The normalized spacial score (nSPS) is 9.70. The van der Waals surface area contributed by atoms with E-state index in [2.05, 4.69) is 20.6 Å². The molecule has 0 aliphatic rings. The van der Waals surface area contributed by atoms with Crippen LogP contribution < -0.4 is 15.4 Å². The average Bonchev–Trinajstić information content (AvgIpc) is 2.61. The monoisotopic (exact) mass is 311 g/mol. The molecule has 7 nitrogen and oxygen atoms in total. The highest BCUT2D eigenvalue weighted by molar-refractivity contribution is 5.80. The SMILES string of the molecule is N#Cc1ccc(NCC(=O)NCCCOc2ncccn2)cc1. The molecule has 0 radical (unpaired) electrons. The molecular formula is C16H17N5O2. The standard InChI is InChI=1S/C16H17N5O2/c17-11-13-3-5-14(6-4-13)21-12-15(22)18-9-2-10-23-16-19-7-1-8-20-16/h1,3-8,21H,2,9-10,12H2,(H,18,22). The zero-order valence-corrected chi connectivity index (χ0v) is 12.5. The van der Waals surface area contributed by atoms with E-state index in [1.54, 1.807) is 42.7 Å². The molecule has 1 aromatic heterocycles. The minimum atomic E-state index is -0.106. The maximum Gasteiger partial charge on any atom is 0.316 e. The van der Waals surface area contributed by atoms with Gasteiger partial charge in [-0.3, -0.25) is 4.79 Å². The van der Waals surface area contributed by atoms with Gasteiger partial charge in [0, 0.05) is 24.6 Å². The van der Waals surface area contributed by atoms with Crippen molar-refractivity contribution >= 4 is 11.6 Å². The van der Waals surface area contributed by atoms with E-state index in [4.69, 9.17) is 10.00 Å². The van der Waals surface area contributed by atoms with Gasteiger partial charge in [0.2, 0.25) is 5.91 Å².